The maximum absolute atomic E-state index is 11.8. The van der Waals surface area contributed by atoms with Crippen LogP contribution in [-0.4, -0.2) is 46.7 Å². The Kier molecular flexibility index (Phi) is 6.60. The molecule has 2 rings (SSSR count). The predicted octanol–water partition coefficient (Wildman–Crippen LogP) is 3.29. The highest BCUT2D eigenvalue weighted by atomic mass is 16.6. The first-order valence-electron chi connectivity index (χ1n) is 8.70. The van der Waals surface area contributed by atoms with Crippen molar-refractivity contribution in [2.75, 3.05) is 19.4 Å². The second-order valence-electron chi connectivity index (χ2n) is 7.25. The Labute approximate surface area is 164 Å². The van der Waals surface area contributed by atoms with Gasteiger partial charge in [0, 0.05) is 26.3 Å². The number of anilines is 2. The molecular formula is C19H25N7O2. The Morgan fingerprint density at radius 2 is 2.14 bits per heavy atom. The van der Waals surface area contributed by atoms with Crippen molar-refractivity contribution in [2.24, 2.45) is 4.99 Å². The van der Waals surface area contributed by atoms with Gasteiger partial charge in [-0.25, -0.2) is 9.79 Å². The number of nitrogens with one attached hydrogen (secondary N) is 3. The summed E-state index contributed by atoms with van der Waals surface area (Å²) in [6.07, 6.45) is 1.07. The SMILES string of the molecule is CN(C)C(C#N)=Nc1cn[nH]c1Nc1cccc(CNC(=O)OC(C)(C)C)c1. The summed E-state index contributed by atoms with van der Waals surface area (Å²) >= 11 is 0. The van der Waals surface area contributed by atoms with E-state index in [0.29, 0.717) is 18.1 Å². The van der Waals surface area contributed by atoms with Crippen LogP contribution >= 0.6 is 0 Å². The molecule has 0 saturated heterocycles. The summed E-state index contributed by atoms with van der Waals surface area (Å²) in [7, 11) is 3.49. The minimum Gasteiger partial charge on any atom is -0.444 e. The van der Waals surface area contributed by atoms with Crippen LogP contribution in [-0.2, 0) is 11.3 Å². The van der Waals surface area contributed by atoms with Crippen molar-refractivity contribution in [3.63, 3.8) is 0 Å². The van der Waals surface area contributed by atoms with E-state index in [9.17, 15) is 4.79 Å². The average Bonchev–Trinajstić information content (AvgIpc) is 3.03. The van der Waals surface area contributed by atoms with Gasteiger partial charge in [0.25, 0.3) is 0 Å². The van der Waals surface area contributed by atoms with Gasteiger partial charge in [-0.1, -0.05) is 12.1 Å². The van der Waals surface area contributed by atoms with Gasteiger partial charge in [-0.15, -0.1) is 0 Å². The van der Waals surface area contributed by atoms with Crippen LogP contribution in [0.25, 0.3) is 0 Å². The minimum atomic E-state index is -0.542. The summed E-state index contributed by atoms with van der Waals surface area (Å²) in [6.45, 7) is 5.78. The molecule has 0 atom stereocenters. The molecule has 1 aromatic heterocycles. The number of rotatable bonds is 5. The van der Waals surface area contributed by atoms with Crippen LogP contribution < -0.4 is 10.6 Å². The monoisotopic (exact) mass is 383 g/mol. The van der Waals surface area contributed by atoms with Crippen molar-refractivity contribution < 1.29 is 9.53 Å². The molecule has 0 radical (unpaired) electrons. The highest BCUT2D eigenvalue weighted by Gasteiger charge is 2.15. The van der Waals surface area contributed by atoms with Gasteiger partial charge in [0.05, 0.1) is 6.20 Å². The number of aliphatic imine (C=N–C) groups is 1. The predicted molar refractivity (Wildman–Crippen MR) is 108 cm³/mol. The fraction of sp³-hybridized carbons (Fsp3) is 0.368. The number of carbonyl (C=O) groups excluding carboxylic acids is 1. The number of carbonyl (C=O) groups is 1. The zero-order valence-electron chi connectivity index (χ0n) is 16.7. The average molecular weight is 383 g/mol. The Bertz CT molecular complexity index is 888. The zero-order valence-corrected chi connectivity index (χ0v) is 16.7. The number of alkyl carbamates (subject to hydrolysis) is 1. The van der Waals surface area contributed by atoms with Crippen molar-refractivity contribution in [1.82, 2.24) is 20.4 Å². The van der Waals surface area contributed by atoms with E-state index in [-0.39, 0.29) is 5.84 Å². The second-order valence-corrected chi connectivity index (χ2v) is 7.25. The highest BCUT2D eigenvalue weighted by molar-refractivity contribution is 5.98. The number of ether oxygens (including phenoxy) is 1. The van der Waals surface area contributed by atoms with E-state index in [0.717, 1.165) is 11.3 Å². The summed E-state index contributed by atoms with van der Waals surface area (Å²) < 4.78 is 5.23. The molecule has 3 N–H and O–H groups in total. The van der Waals surface area contributed by atoms with E-state index in [1.807, 2.05) is 51.1 Å². The number of nitrogens with zero attached hydrogens (tertiary/aromatic N) is 4. The van der Waals surface area contributed by atoms with E-state index >= 15 is 0 Å². The Morgan fingerprint density at radius 1 is 1.39 bits per heavy atom. The smallest absolute Gasteiger partial charge is 0.407 e. The number of benzene rings is 1. The quantitative estimate of drug-likeness (QED) is 0.538. The number of aromatic nitrogens is 2. The highest BCUT2D eigenvalue weighted by Crippen LogP contribution is 2.26. The normalized spacial score (nSPS) is 11.5. The Balaban J connectivity index is 2.07. The molecule has 2 aromatic rings. The van der Waals surface area contributed by atoms with Gasteiger partial charge >= 0.3 is 6.09 Å². The summed E-state index contributed by atoms with van der Waals surface area (Å²) in [5, 5.41) is 21.9. The number of H-pyrrole nitrogens is 1. The molecule has 0 aliphatic heterocycles. The molecule has 1 amide bonds. The van der Waals surface area contributed by atoms with Gasteiger partial charge < -0.3 is 20.3 Å². The van der Waals surface area contributed by atoms with E-state index in [4.69, 9.17) is 10.00 Å². The van der Waals surface area contributed by atoms with Crippen LogP contribution in [0, 0.1) is 11.3 Å². The Hall–Kier alpha value is -3.54. The van der Waals surface area contributed by atoms with Crippen molar-refractivity contribution >= 4 is 29.1 Å². The number of hydrogen-bond donors (Lipinski definition) is 3. The number of hydrogen-bond acceptors (Lipinski definition) is 6. The lowest BCUT2D eigenvalue weighted by molar-refractivity contribution is 0.0523. The van der Waals surface area contributed by atoms with Crippen LogP contribution in [0.3, 0.4) is 0 Å². The molecule has 0 unspecified atom stereocenters. The van der Waals surface area contributed by atoms with E-state index in [1.165, 1.54) is 6.20 Å². The van der Waals surface area contributed by atoms with Crippen molar-refractivity contribution in [2.45, 2.75) is 32.9 Å². The van der Waals surface area contributed by atoms with Crippen LogP contribution in [0.1, 0.15) is 26.3 Å². The molecule has 0 aliphatic carbocycles. The molecule has 9 nitrogen and oxygen atoms in total. The van der Waals surface area contributed by atoms with Crippen LogP contribution in [0.4, 0.5) is 22.0 Å². The van der Waals surface area contributed by atoms with Crippen LogP contribution in [0.5, 0.6) is 0 Å². The zero-order chi connectivity index (χ0) is 20.7. The Morgan fingerprint density at radius 3 is 2.79 bits per heavy atom. The molecule has 9 heteroatoms. The van der Waals surface area contributed by atoms with Gasteiger partial charge in [0.1, 0.15) is 17.4 Å². The van der Waals surface area contributed by atoms with E-state index in [2.05, 4.69) is 25.8 Å². The lowest BCUT2D eigenvalue weighted by Gasteiger charge is -2.19. The standard InChI is InChI=1S/C19H25N7O2/c1-19(2,3)28-18(27)21-11-13-7-6-8-14(9-13)23-17-15(12-22-25-17)24-16(10-20)26(4)5/h6-9,12H,11H2,1-5H3,(H,21,27)(H2,22,23,25). The van der Waals surface area contributed by atoms with E-state index < -0.39 is 11.7 Å². The molecule has 0 aliphatic rings. The lowest BCUT2D eigenvalue weighted by Crippen LogP contribution is -2.32. The maximum Gasteiger partial charge on any atom is 0.407 e. The first-order chi connectivity index (χ1) is 13.2. The molecule has 148 valence electrons. The van der Waals surface area contributed by atoms with Crippen molar-refractivity contribution in [3.8, 4) is 6.07 Å². The summed E-state index contributed by atoms with van der Waals surface area (Å²) in [5.41, 5.74) is 1.65. The number of amidine groups is 1. The van der Waals surface area contributed by atoms with Crippen LogP contribution in [0.2, 0.25) is 0 Å². The topological polar surface area (TPSA) is 118 Å². The summed E-state index contributed by atoms with van der Waals surface area (Å²) in [5.74, 6) is 0.826. The minimum absolute atomic E-state index is 0.264. The van der Waals surface area contributed by atoms with Crippen molar-refractivity contribution in [1.29, 1.82) is 5.26 Å². The van der Waals surface area contributed by atoms with Crippen molar-refractivity contribution in [3.05, 3.63) is 36.0 Å². The maximum atomic E-state index is 11.8. The first-order valence-corrected chi connectivity index (χ1v) is 8.70. The number of aromatic amines is 1. The molecule has 1 heterocycles. The van der Waals surface area contributed by atoms with Gasteiger partial charge in [-0.05, 0) is 38.5 Å². The van der Waals surface area contributed by atoms with Gasteiger partial charge in [-0.3, -0.25) is 5.10 Å². The molecule has 0 spiro atoms. The number of nitriles is 1. The molecule has 0 saturated carbocycles. The van der Waals surface area contributed by atoms with Gasteiger partial charge in [-0.2, -0.15) is 10.4 Å². The van der Waals surface area contributed by atoms with E-state index in [1.54, 1.807) is 19.0 Å². The fourth-order valence-corrected chi connectivity index (χ4v) is 2.19. The number of amides is 1. The van der Waals surface area contributed by atoms with Crippen LogP contribution in [0.15, 0.2) is 35.5 Å². The van der Waals surface area contributed by atoms with Gasteiger partial charge in [0.15, 0.2) is 5.82 Å². The largest absolute Gasteiger partial charge is 0.444 e. The first kappa shape index (κ1) is 20.8. The molecule has 28 heavy (non-hydrogen) atoms. The second kappa shape index (κ2) is 8.90. The summed E-state index contributed by atoms with van der Waals surface area (Å²) in [4.78, 5) is 17.7. The van der Waals surface area contributed by atoms with Gasteiger partial charge in [0.2, 0.25) is 5.84 Å². The summed E-state index contributed by atoms with van der Waals surface area (Å²) in [6, 6.07) is 9.57. The lowest BCUT2D eigenvalue weighted by atomic mass is 10.2. The molecular weight excluding hydrogens is 358 g/mol. The fourth-order valence-electron chi connectivity index (χ4n) is 2.19. The molecule has 0 fully saturated rings. The third-order valence-electron chi connectivity index (χ3n) is 3.40. The third kappa shape index (κ3) is 6.32. The molecule has 1 aromatic carbocycles. The third-order valence-corrected chi connectivity index (χ3v) is 3.40. The molecule has 0 bridgehead atoms.